The van der Waals surface area contributed by atoms with Gasteiger partial charge in [0.25, 0.3) is 0 Å². The zero-order valence-corrected chi connectivity index (χ0v) is 13.4. The molecule has 2 atom stereocenters. The fourth-order valence-electron chi connectivity index (χ4n) is 2.84. The molecule has 112 valence electrons. The number of nitrogens with zero attached hydrogens (tertiary/aromatic N) is 2. The molecule has 3 rings (SSSR count). The zero-order chi connectivity index (χ0) is 14.8. The van der Waals surface area contributed by atoms with Gasteiger partial charge >= 0.3 is 0 Å². The van der Waals surface area contributed by atoms with Gasteiger partial charge in [0, 0.05) is 24.0 Å². The quantitative estimate of drug-likeness (QED) is 0.941. The Bertz CT molecular complexity index is 591. The Hall–Kier alpha value is -1.23. The highest BCUT2D eigenvalue weighted by atomic mass is 32.1. The summed E-state index contributed by atoms with van der Waals surface area (Å²) < 4.78 is 0. The molecular weight excluding hydrogens is 280 g/mol. The maximum Gasteiger partial charge on any atom is 0.123 e. The molecule has 1 N–H and O–H groups in total. The van der Waals surface area contributed by atoms with Gasteiger partial charge in [0.1, 0.15) is 5.01 Å². The summed E-state index contributed by atoms with van der Waals surface area (Å²) in [5, 5.41) is 12.9. The molecule has 0 saturated carbocycles. The van der Waals surface area contributed by atoms with E-state index in [1.165, 1.54) is 11.1 Å². The maximum absolute atomic E-state index is 9.67. The van der Waals surface area contributed by atoms with Crippen LogP contribution >= 0.6 is 11.3 Å². The monoisotopic (exact) mass is 302 g/mol. The third-order valence-corrected chi connectivity index (χ3v) is 5.17. The highest BCUT2D eigenvalue weighted by molar-refractivity contribution is 7.13. The Morgan fingerprint density at radius 2 is 2.14 bits per heavy atom. The summed E-state index contributed by atoms with van der Waals surface area (Å²) in [7, 11) is 0. The van der Waals surface area contributed by atoms with Gasteiger partial charge in [0.2, 0.25) is 0 Å². The second-order valence-corrected chi connectivity index (χ2v) is 6.89. The van der Waals surface area contributed by atoms with Crippen LogP contribution in [0.2, 0.25) is 0 Å². The summed E-state index contributed by atoms with van der Waals surface area (Å²) in [5.74, 6) is 0.417. The van der Waals surface area contributed by atoms with Crippen molar-refractivity contribution in [1.29, 1.82) is 0 Å². The van der Waals surface area contributed by atoms with Crippen molar-refractivity contribution in [2.24, 2.45) is 5.92 Å². The molecule has 1 aliphatic rings. The van der Waals surface area contributed by atoms with Crippen molar-refractivity contribution < 1.29 is 5.11 Å². The Kier molecular flexibility index (Phi) is 4.38. The van der Waals surface area contributed by atoms with Gasteiger partial charge in [0.15, 0.2) is 0 Å². The fourth-order valence-corrected chi connectivity index (χ4v) is 3.65. The van der Waals surface area contributed by atoms with E-state index in [0.717, 1.165) is 36.8 Å². The summed E-state index contributed by atoms with van der Waals surface area (Å²) in [6.07, 6.45) is 0.889. The minimum Gasteiger partial charge on any atom is -0.393 e. The number of aromatic nitrogens is 1. The average molecular weight is 302 g/mol. The molecule has 0 amide bonds. The van der Waals surface area contributed by atoms with E-state index in [1.54, 1.807) is 11.3 Å². The minimum absolute atomic E-state index is 0.200. The summed E-state index contributed by atoms with van der Waals surface area (Å²) in [4.78, 5) is 7.15. The van der Waals surface area contributed by atoms with Gasteiger partial charge < -0.3 is 5.11 Å². The third-order valence-electron chi connectivity index (χ3n) is 4.23. The van der Waals surface area contributed by atoms with Crippen LogP contribution in [0, 0.1) is 12.8 Å². The van der Waals surface area contributed by atoms with Crippen molar-refractivity contribution in [2.45, 2.75) is 32.9 Å². The van der Waals surface area contributed by atoms with Crippen molar-refractivity contribution in [3.8, 4) is 10.6 Å². The van der Waals surface area contributed by atoms with Crippen LogP contribution in [0.25, 0.3) is 10.6 Å². The third kappa shape index (κ3) is 3.51. The molecule has 3 nitrogen and oxygen atoms in total. The molecule has 1 aliphatic heterocycles. The van der Waals surface area contributed by atoms with E-state index in [-0.39, 0.29) is 6.10 Å². The number of aryl methyl sites for hydroxylation is 1. The number of benzene rings is 1. The largest absolute Gasteiger partial charge is 0.393 e. The summed E-state index contributed by atoms with van der Waals surface area (Å²) in [5.41, 5.74) is 3.61. The van der Waals surface area contributed by atoms with E-state index < -0.39 is 0 Å². The van der Waals surface area contributed by atoms with Gasteiger partial charge in [0.05, 0.1) is 11.8 Å². The van der Waals surface area contributed by atoms with Gasteiger partial charge in [-0.25, -0.2) is 4.98 Å². The Balaban J connectivity index is 1.64. The van der Waals surface area contributed by atoms with Gasteiger partial charge in [-0.1, -0.05) is 29.8 Å². The summed E-state index contributed by atoms with van der Waals surface area (Å²) in [6.45, 7) is 6.93. The number of rotatable bonds is 4. The molecule has 2 aromatic rings. The lowest BCUT2D eigenvalue weighted by Gasteiger charge is -2.16. The number of aliphatic hydroxyl groups excluding tert-OH is 1. The van der Waals surface area contributed by atoms with Gasteiger partial charge in [-0.2, -0.15) is 0 Å². The molecule has 2 heterocycles. The Morgan fingerprint density at radius 3 is 2.81 bits per heavy atom. The molecule has 0 bridgehead atoms. The van der Waals surface area contributed by atoms with Crippen LogP contribution in [0.5, 0.6) is 0 Å². The lowest BCUT2D eigenvalue weighted by molar-refractivity contribution is 0.127. The normalized spacial score (nSPS) is 20.8. The fraction of sp³-hybridized carbons (Fsp3) is 0.471. The van der Waals surface area contributed by atoms with Crippen LogP contribution in [-0.2, 0) is 6.54 Å². The van der Waals surface area contributed by atoms with E-state index >= 15 is 0 Å². The van der Waals surface area contributed by atoms with Crippen molar-refractivity contribution in [3.05, 3.63) is 40.9 Å². The number of likely N-dealkylation sites (tertiary alicyclic amines) is 1. The van der Waals surface area contributed by atoms with Crippen LogP contribution in [0.4, 0.5) is 0 Å². The highest BCUT2D eigenvalue weighted by Gasteiger charge is 2.26. The Morgan fingerprint density at radius 1 is 1.38 bits per heavy atom. The first-order chi connectivity index (χ1) is 10.1. The van der Waals surface area contributed by atoms with E-state index in [9.17, 15) is 5.11 Å². The zero-order valence-electron chi connectivity index (χ0n) is 12.6. The molecule has 1 fully saturated rings. The molecule has 0 radical (unpaired) electrons. The molecule has 2 unspecified atom stereocenters. The van der Waals surface area contributed by atoms with Crippen LogP contribution in [0.15, 0.2) is 29.6 Å². The molecule has 1 saturated heterocycles. The van der Waals surface area contributed by atoms with E-state index in [4.69, 9.17) is 4.98 Å². The molecule has 0 spiro atoms. The number of hydrogen-bond donors (Lipinski definition) is 1. The van der Waals surface area contributed by atoms with Crippen molar-refractivity contribution in [1.82, 2.24) is 9.88 Å². The van der Waals surface area contributed by atoms with Crippen molar-refractivity contribution in [3.63, 3.8) is 0 Å². The second-order valence-electron chi connectivity index (χ2n) is 6.03. The highest BCUT2D eigenvalue weighted by Crippen LogP contribution is 2.26. The first kappa shape index (κ1) is 14.7. The molecular formula is C17H22N2OS. The topological polar surface area (TPSA) is 36.4 Å². The van der Waals surface area contributed by atoms with Gasteiger partial charge in [-0.15, -0.1) is 11.3 Å². The molecule has 4 heteroatoms. The predicted octanol–water partition coefficient (Wildman–Crippen LogP) is 3.32. The number of hydrogen-bond acceptors (Lipinski definition) is 4. The van der Waals surface area contributed by atoms with Crippen molar-refractivity contribution >= 4 is 11.3 Å². The standard InChI is InChI=1S/C17H22N2OS/c1-12-3-5-14(6-4-12)17-18-16(11-21-17)10-19-8-7-15(9-19)13(2)20/h3-6,11,13,15,20H,7-10H2,1-2H3. The molecule has 1 aromatic carbocycles. The lowest BCUT2D eigenvalue weighted by Crippen LogP contribution is -2.24. The molecule has 0 aliphatic carbocycles. The Labute approximate surface area is 130 Å². The van der Waals surface area contributed by atoms with Crippen molar-refractivity contribution in [2.75, 3.05) is 13.1 Å². The average Bonchev–Trinajstić information content (AvgIpc) is 3.10. The second kappa shape index (κ2) is 6.26. The van der Waals surface area contributed by atoms with E-state index in [0.29, 0.717) is 5.92 Å². The van der Waals surface area contributed by atoms with Gasteiger partial charge in [-0.05, 0) is 32.7 Å². The van der Waals surface area contributed by atoms with Crippen LogP contribution in [-0.4, -0.2) is 34.2 Å². The lowest BCUT2D eigenvalue weighted by atomic mass is 10.0. The molecule has 21 heavy (non-hydrogen) atoms. The first-order valence-corrected chi connectivity index (χ1v) is 8.41. The molecule has 1 aromatic heterocycles. The first-order valence-electron chi connectivity index (χ1n) is 7.53. The predicted molar refractivity (Wildman–Crippen MR) is 87.4 cm³/mol. The number of aliphatic hydroxyl groups is 1. The number of thiazole rings is 1. The van der Waals surface area contributed by atoms with Crippen LogP contribution in [0.3, 0.4) is 0 Å². The van der Waals surface area contributed by atoms with Gasteiger partial charge in [-0.3, -0.25) is 4.90 Å². The maximum atomic E-state index is 9.67. The van der Waals surface area contributed by atoms with Crippen LogP contribution < -0.4 is 0 Å². The minimum atomic E-state index is -0.200. The van der Waals surface area contributed by atoms with E-state index in [2.05, 4.69) is 41.5 Å². The van der Waals surface area contributed by atoms with E-state index in [1.807, 2.05) is 6.92 Å². The summed E-state index contributed by atoms with van der Waals surface area (Å²) in [6, 6.07) is 8.53. The smallest absolute Gasteiger partial charge is 0.123 e. The SMILES string of the molecule is Cc1ccc(-c2nc(CN3CCC(C(C)O)C3)cs2)cc1. The van der Waals surface area contributed by atoms with Crippen LogP contribution in [0.1, 0.15) is 24.6 Å². The summed E-state index contributed by atoms with van der Waals surface area (Å²) >= 11 is 1.71.